The van der Waals surface area contributed by atoms with Crippen molar-refractivity contribution in [3.8, 4) is 0 Å². The first-order valence-electron chi connectivity index (χ1n) is 5.14. The smallest absolute Gasteiger partial charge is 0.101 e. The predicted molar refractivity (Wildman–Crippen MR) is 66.2 cm³/mol. The lowest BCUT2D eigenvalue weighted by Gasteiger charge is -2.08. The van der Waals surface area contributed by atoms with Crippen molar-refractivity contribution in [2.24, 2.45) is 5.73 Å². The number of halogens is 1. The Morgan fingerprint density at radius 1 is 1.44 bits per heavy atom. The molecular formula is C11H11ClN2OS. The van der Waals surface area contributed by atoms with Crippen LogP contribution in [0, 0.1) is 0 Å². The summed E-state index contributed by atoms with van der Waals surface area (Å²) < 4.78 is 6.40. The molecular weight excluding hydrogens is 244 g/mol. The topological polar surface area (TPSA) is 48.1 Å². The molecule has 1 fully saturated rings. The summed E-state index contributed by atoms with van der Waals surface area (Å²) in [6, 6.07) is 5.83. The first-order valence-corrected chi connectivity index (χ1v) is 6.33. The van der Waals surface area contributed by atoms with Crippen molar-refractivity contribution in [1.29, 1.82) is 0 Å². The number of hydrogen-bond donors (Lipinski definition) is 1. The normalized spacial score (nSPS) is 25.4. The summed E-state index contributed by atoms with van der Waals surface area (Å²) >= 11 is 7.74. The summed E-state index contributed by atoms with van der Waals surface area (Å²) in [7, 11) is 0. The number of hydrogen-bond acceptors (Lipinski definition) is 4. The van der Waals surface area contributed by atoms with Crippen LogP contribution in [0.1, 0.15) is 10.9 Å². The molecule has 5 heteroatoms. The summed E-state index contributed by atoms with van der Waals surface area (Å²) in [5.41, 5.74) is 6.93. The molecule has 1 aliphatic heterocycles. The van der Waals surface area contributed by atoms with E-state index in [-0.39, 0.29) is 12.0 Å². The number of nitrogens with zero attached hydrogens (tertiary/aromatic N) is 1. The summed E-state index contributed by atoms with van der Waals surface area (Å²) in [6.07, 6.45) is 0. The van der Waals surface area contributed by atoms with Gasteiger partial charge in [-0.2, -0.15) is 0 Å². The van der Waals surface area contributed by atoms with Crippen molar-refractivity contribution in [2.75, 3.05) is 13.2 Å². The zero-order valence-corrected chi connectivity index (χ0v) is 10.1. The standard InChI is InChI=1S/C11H11ClN2OS/c12-7-2-1-3-9-10(7)16-11(14-9)6-4-15-5-8(6)13/h1-3,6,8H,4-5,13H2. The summed E-state index contributed by atoms with van der Waals surface area (Å²) in [5, 5.41) is 1.79. The average molecular weight is 255 g/mol. The van der Waals surface area contributed by atoms with E-state index in [9.17, 15) is 0 Å². The van der Waals surface area contributed by atoms with E-state index in [4.69, 9.17) is 22.1 Å². The van der Waals surface area contributed by atoms with Gasteiger partial charge in [-0.3, -0.25) is 0 Å². The van der Waals surface area contributed by atoms with E-state index < -0.39 is 0 Å². The fourth-order valence-corrected chi connectivity index (χ4v) is 3.33. The van der Waals surface area contributed by atoms with Crippen molar-refractivity contribution >= 4 is 33.2 Å². The minimum atomic E-state index is 0.0549. The van der Waals surface area contributed by atoms with Crippen molar-refractivity contribution < 1.29 is 4.74 Å². The van der Waals surface area contributed by atoms with Crippen molar-refractivity contribution in [3.05, 3.63) is 28.2 Å². The molecule has 1 saturated heterocycles. The minimum Gasteiger partial charge on any atom is -0.379 e. The van der Waals surface area contributed by atoms with E-state index in [1.165, 1.54) is 0 Å². The molecule has 0 bridgehead atoms. The molecule has 1 aliphatic rings. The van der Waals surface area contributed by atoms with E-state index in [1.807, 2.05) is 18.2 Å². The maximum atomic E-state index is 6.12. The third-order valence-electron chi connectivity index (χ3n) is 2.83. The van der Waals surface area contributed by atoms with Crippen LogP contribution in [-0.2, 0) is 4.74 Å². The lowest BCUT2D eigenvalue weighted by molar-refractivity contribution is 0.191. The summed E-state index contributed by atoms with van der Waals surface area (Å²) in [6.45, 7) is 1.28. The highest BCUT2D eigenvalue weighted by molar-refractivity contribution is 7.19. The Balaban J connectivity index is 2.08. The van der Waals surface area contributed by atoms with E-state index in [2.05, 4.69) is 4.98 Å². The number of fused-ring (bicyclic) bond motifs is 1. The van der Waals surface area contributed by atoms with Crippen LogP contribution in [0.25, 0.3) is 10.2 Å². The van der Waals surface area contributed by atoms with E-state index in [0.717, 1.165) is 20.2 Å². The largest absolute Gasteiger partial charge is 0.379 e. The van der Waals surface area contributed by atoms with Gasteiger partial charge in [0.15, 0.2) is 0 Å². The molecule has 84 valence electrons. The predicted octanol–water partition coefficient (Wildman–Crippen LogP) is 2.39. The number of thiazole rings is 1. The third-order valence-corrected chi connectivity index (χ3v) is 4.49. The first-order chi connectivity index (χ1) is 7.75. The zero-order chi connectivity index (χ0) is 11.1. The first kappa shape index (κ1) is 10.5. The Bertz CT molecular complexity index is 528. The molecule has 2 N–H and O–H groups in total. The van der Waals surface area contributed by atoms with Crippen molar-refractivity contribution in [3.63, 3.8) is 0 Å². The highest BCUT2D eigenvalue weighted by Crippen LogP contribution is 2.34. The molecule has 1 aromatic heterocycles. The number of aromatic nitrogens is 1. The molecule has 0 saturated carbocycles. The fourth-order valence-electron chi connectivity index (χ4n) is 1.92. The van der Waals surface area contributed by atoms with Gasteiger partial charge in [-0.15, -0.1) is 11.3 Å². The number of benzene rings is 1. The molecule has 0 spiro atoms. The number of ether oxygens (including phenoxy) is 1. The maximum absolute atomic E-state index is 6.12. The van der Waals surface area contributed by atoms with Crippen LogP contribution in [-0.4, -0.2) is 24.2 Å². The zero-order valence-electron chi connectivity index (χ0n) is 8.52. The third kappa shape index (κ3) is 1.62. The van der Waals surface area contributed by atoms with Crippen LogP contribution in [0.2, 0.25) is 5.02 Å². The molecule has 0 aliphatic carbocycles. The maximum Gasteiger partial charge on any atom is 0.101 e. The monoisotopic (exact) mass is 254 g/mol. The SMILES string of the molecule is NC1COCC1c1nc2cccc(Cl)c2s1. The second-order valence-electron chi connectivity index (χ2n) is 3.95. The van der Waals surface area contributed by atoms with Gasteiger partial charge in [-0.25, -0.2) is 4.98 Å². The van der Waals surface area contributed by atoms with Gasteiger partial charge >= 0.3 is 0 Å². The van der Waals surface area contributed by atoms with Gasteiger partial charge in [0.1, 0.15) is 5.01 Å². The molecule has 3 nitrogen and oxygen atoms in total. The second kappa shape index (κ2) is 3.96. The van der Waals surface area contributed by atoms with E-state index in [0.29, 0.717) is 13.2 Å². The number of nitrogens with two attached hydrogens (primary N) is 1. The molecule has 0 amide bonds. The van der Waals surface area contributed by atoms with Gasteiger partial charge in [-0.05, 0) is 12.1 Å². The molecule has 3 rings (SSSR count). The van der Waals surface area contributed by atoms with Crippen LogP contribution < -0.4 is 5.73 Å². The Morgan fingerprint density at radius 2 is 2.31 bits per heavy atom. The molecule has 16 heavy (non-hydrogen) atoms. The van der Waals surface area contributed by atoms with Crippen molar-refractivity contribution in [2.45, 2.75) is 12.0 Å². The lowest BCUT2D eigenvalue weighted by atomic mass is 10.1. The summed E-state index contributed by atoms with van der Waals surface area (Å²) in [4.78, 5) is 4.58. The van der Waals surface area contributed by atoms with Crippen LogP contribution in [0.5, 0.6) is 0 Å². The Morgan fingerprint density at radius 3 is 3.00 bits per heavy atom. The van der Waals surface area contributed by atoms with Gasteiger partial charge in [0, 0.05) is 6.04 Å². The van der Waals surface area contributed by atoms with Gasteiger partial charge in [-0.1, -0.05) is 17.7 Å². The Kier molecular flexibility index (Phi) is 2.59. The van der Waals surface area contributed by atoms with E-state index >= 15 is 0 Å². The molecule has 2 aromatic rings. The van der Waals surface area contributed by atoms with Gasteiger partial charge in [0.05, 0.1) is 34.4 Å². The van der Waals surface area contributed by atoms with Crippen LogP contribution in [0.15, 0.2) is 18.2 Å². The van der Waals surface area contributed by atoms with Crippen LogP contribution in [0.4, 0.5) is 0 Å². The van der Waals surface area contributed by atoms with Crippen molar-refractivity contribution in [1.82, 2.24) is 4.98 Å². The fraction of sp³-hybridized carbons (Fsp3) is 0.364. The summed E-state index contributed by atoms with van der Waals surface area (Å²) in [5.74, 6) is 0.216. The molecule has 0 radical (unpaired) electrons. The Labute approximate surface area is 102 Å². The lowest BCUT2D eigenvalue weighted by Crippen LogP contribution is -2.26. The minimum absolute atomic E-state index is 0.0549. The highest BCUT2D eigenvalue weighted by Gasteiger charge is 2.29. The number of rotatable bonds is 1. The van der Waals surface area contributed by atoms with Crippen LogP contribution >= 0.6 is 22.9 Å². The quantitative estimate of drug-likeness (QED) is 0.850. The van der Waals surface area contributed by atoms with Gasteiger partial charge < -0.3 is 10.5 Å². The highest BCUT2D eigenvalue weighted by atomic mass is 35.5. The molecule has 2 unspecified atom stereocenters. The molecule has 1 aromatic carbocycles. The van der Waals surface area contributed by atoms with Gasteiger partial charge in [0.25, 0.3) is 0 Å². The van der Waals surface area contributed by atoms with E-state index in [1.54, 1.807) is 11.3 Å². The average Bonchev–Trinajstić information content (AvgIpc) is 2.84. The molecule has 2 atom stereocenters. The second-order valence-corrected chi connectivity index (χ2v) is 5.39. The van der Waals surface area contributed by atoms with Crippen LogP contribution in [0.3, 0.4) is 0 Å². The Hall–Kier alpha value is -0.680. The molecule has 2 heterocycles. The van der Waals surface area contributed by atoms with Gasteiger partial charge in [0.2, 0.25) is 0 Å².